The molecule has 0 saturated carbocycles. The van der Waals surface area contributed by atoms with Gasteiger partial charge in [0.15, 0.2) is 0 Å². The first-order chi connectivity index (χ1) is 13.1. The number of hydrogen-bond acceptors (Lipinski definition) is 1. The van der Waals surface area contributed by atoms with Gasteiger partial charge in [0.05, 0.1) is 5.60 Å². The highest BCUT2D eigenvalue weighted by atomic mass is 16.3. The molecule has 0 aromatic rings. The second-order valence-electron chi connectivity index (χ2n) is 9.09. The van der Waals surface area contributed by atoms with Gasteiger partial charge in [0, 0.05) is 0 Å². The first kappa shape index (κ1) is 27.0. The van der Waals surface area contributed by atoms with E-state index in [2.05, 4.69) is 20.8 Å². The molecule has 0 amide bonds. The highest BCUT2D eigenvalue weighted by Gasteiger charge is 2.18. The predicted molar refractivity (Wildman–Crippen MR) is 123 cm³/mol. The molecule has 0 aliphatic heterocycles. The van der Waals surface area contributed by atoms with Crippen molar-refractivity contribution < 1.29 is 5.11 Å². The molecule has 0 atom stereocenters. The van der Waals surface area contributed by atoms with Crippen LogP contribution in [0.1, 0.15) is 155 Å². The summed E-state index contributed by atoms with van der Waals surface area (Å²) in [6.07, 6.45) is 28.8. The quantitative estimate of drug-likeness (QED) is 0.185. The summed E-state index contributed by atoms with van der Waals surface area (Å²) in [5, 5.41) is 10.4. The number of unbranched alkanes of at least 4 members (excludes halogenated alkanes) is 18. The van der Waals surface area contributed by atoms with Crippen molar-refractivity contribution in [2.24, 2.45) is 0 Å². The molecule has 0 fully saturated rings. The first-order valence-corrected chi connectivity index (χ1v) is 12.7. The van der Waals surface area contributed by atoms with E-state index in [0.717, 1.165) is 25.7 Å². The lowest BCUT2D eigenvalue weighted by Gasteiger charge is -2.23. The molecule has 0 aromatic heterocycles. The Labute approximate surface area is 173 Å². The molecule has 1 radical (unpaired) electrons. The molecule has 0 spiro atoms. The Kier molecular flexibility index (Phi) is 20.7. The Morgan fingerprint density at radius 1 is 0.444 bits per heavy atom. The van der Waals surface area contributed by atoms with Crippen LogP contribution in [0.25, 0.3) is 0 Å². The van der Waals surface area contributed by atoms with Crippen molar-refractivity contribution in [1.29, 1.82) is 0 Å². The van der Waals surface area contributed by atoms with Crippen molar-refractivity contribution in [3.05, 3.63) is 6.92 Å². The molecule has 1 heteroatoms. The maximum absolute atomic E-state index is 10.4. The van der Waals surface area contributed by atoms with Crippen LogP contribution in [0.4, 0.5) is 0 Å². The van der Waals surface area contributed by atoms with Gasteiger partial charge >= 0.3 is 0 Å². The summed E-state index contributed by atoms with van der Waals surface area (Å²) in [4.78, 5) is 0. The first-order valence-electron chi connectivity index (χ1n) is 12.7. The Hall–Kier alpha value is -0.0400. The van der Waals surface area contributed by atoms with Gasteiger partial charge in [0.25, 0.3) is 0 Å². The van der Waals surface area contributed by atoms with Gasteiger partial charge in [-0.2, -0.15) is 0 Å². The Balaban J connectivity index is 3.31. The van der Waals surface area contributed by atoms with Gasteiger partial charge in [-0.1, -0.05) is 142 Å². The van der Waals surface area contributed by atoms with Gasteiger partial charge in [0.2, 0.25) is 0 Å². The second kappa shape index (κ2) is 20.7. The van der Waals surface area contributed by atoms with Gasteiger partial charge in [0.1, 0.15) is 0 Å². The van der Waals surface area contributed by atoms with E-state index in [-0.39, 0.29) is 0 Å². The van der Waals surface area contributed by atoms with Crippen molar-refractivity contribution in [3.8, 4) is 0 Å². The molecule has 0 rings (SSSR count). The molecule has 163 valence electrons. The second-order valence-corrected chi connectivity index (χ2v) is 9.09. The summed E-state index contributed by atoms with van der Waals surface area (Å²) in [6, 6.07) is 0. The van der Waals surface area contributed by atoms with Gasteiger partial charge in [-0.15, -0.1) is 0 Å². The maximum Gasteiger partial charge on any atom is 0.0648 e. The SMILES string of the molecule is [CH2]C(O)(CCCCCCCCCCCC)CCCCCCCCCCCC. The van der Waals surface area contributed by atoms with Crippen LogP contribution in [-0.4, -0.2) is 10.7 Å². The number of hydrogen-bond donors (Lipinski definition) is 1. The summed E-state index contributed by atoms with van der Waals surface area (Å²) in [6.45, 7) is 8.63. The standard InChI is InChI=1S/C26H53O/c1-4-6-8-10-12-14-16-18-20-22-24-26(3,27)25-23-21-19-17-15-13-11-9-7-5-2/h27H,3-25H2,1-2H3. The Morgan fingerprint density at radius 2 is 0.667 bits per heavy atom. The fourth-order valence-corrected chi connectivity index (χ4v) is 4.01. The lowest BCUT2D eigenvalue weighted by atomic mass is 9.91. The monoisotopic (exact) mass is 381 g/mol. The number of aliphatic hydroxyl groups is 1. The minimum Gasteiger partial charge on any atom is -0.390 e. The van der Waals surface area contributed by atoms with E-state index >= 15 is 0 Å². The Morgan fingerprint density at radius 3 is 0.926 bits per heavy atom. The molecule has 27 heavy (non-hydrogen) atoms. The highest BCUT2D eigenvalue weighted by Crippen LogP contribution is 2.22. The molecule has 1 N–H and O–H groups in total. The van der Waals surface area contributed by atoms with Crippen LogP contribution >= 0.6 is 0 Å². The maximum atomic E-state index is 10.4. The molecule has 0 saturated heterocycles. The van der Waals surface area contributed by atoms with E-state index in [4.69, 9.17) is 0 Å². The molecule has 0 unspecified atom stereocenters. The summed E-state index contributed by atoms with van der Waals surface area (Å²) in [5.74, 6) is 0. The molecule has 0 bridgehead atoms. The summed E-state index contributed by atoms with van der Waals surface area (Å²) >= 11 is 0. The van der Waals surface area contributed by atoms with Crippen molar-refractivity contribution in [2.75, 3.05) is 0 Å². The van der Waals surface area contributed by atoms with Crippen molar-refractivity contribution in [2.45, 2.75) is 161 Å². The molecular formula is C26H53O. The molecule has 0 aliphatic carbocycles. The fraction of sp³-hybridized carbons (Fsp3) is 0.962. The zero-order valence-electron chi connectivity index (χ0n) is 19.2. The largest absolute Gasteiger partial charge is 0.390 e. The van der Waals surface area contributed by atoms with Crippen LogP contribution in [0.5, 0.6) is 0 Å². The van der Waals surface area contributed by atoms with Gasteiger partial charge in [-0.3, -0.25) is 0 Å². The predicted octanol–water partition coefficient (Wildman–Crippen LogP) is 9.17. The van der Waals surface area contributed by atoms with E-state index in [1.165, 1.54) is 116 Å². The zero-order chi connectivity index (χ0) is 20.1. The van der Waals surface area contributed by atoms with Crippen LogP contribution in [0.15, 0.2) is 0 Å². The molecule has 0 heterocycles. The van der Waals surface area contributed by atoms with Gasteiger partial charge < -0.3 is 5.11 Å². The van der Waals surface area contributed by atoms with Crippen LogP contribution in [0.3, 0.4) is 0 Å². The van der Waals surface area contributed by atoms with Crippen molar-refractivity contribution >= 4 is 0 Å². The molecule has 1 nitrogen and oxygen atoms in total. The average molecular weight is 382 g/mol. The molecular weight excluding hydrogens is 328 g/mol. The third-order valence-electron chi connectivity index (χ3n) is 5.99. The number of rotatable bonds is 22. The Bertz CT molecular complexity index is 245. The van der Waals surface area contributed by atoms with E-state index in [1.54, 1.807) is 0 Å². The average Bonchev–Trinajstić information content (AvgIpc) is 2.64. The summed E-state index contributed by atoms with van der Waals surface area (Å²) in [7, 11) is 0. The van der Waals surface area contributed by atoms with Crippen LogP contribution in [0, 0.1) is 6.92 Å². The van der Waals surface area contributed by atoms with E-state index in [0.29, 0.717) is 0 Å². The van der Waals surface area contributed by atoms with Crippen LogP contribution < -0.4 is 0 Å². The minimum atomic E-state index is -0.666. The van der Waals surface area contributed by atoms with Gasteiger partial charge in [-0.05, 0) is 19.8 Å². The molecule has 0 aliphatic rings. The lowest BCUT2D eigenvalue weighted by Crippen LogP contribution is -2.24. The zero-order valence-corrected chi connectivity index (χ0v) is 19.2. The third-order valence-corrected chi connectivity index (χ3v) is 5.99. The van der Waals surface area contributed by atoms with Crippen molar-refractivity contribution in [3.63, 3.8) is 0 Å². The van der Waals surface area contributed by atoms with E-state index < -0.39 is 5.60 Å². The summed E-state index contributed by atoms with van der Waals surface area (Å²) in [5.41, 5.74) is -0.666. The molecule has 0 aromatic carbocycles. The van der Waals surface area contributed by atoms with Crippen LogP contribution in [-0.2, 0) is 0 Å². The topological polar surface area (TPSA) is 20.2 Å². The minimum absolute atomic E-state index is 0.666. The lowest BCUT2D eigenvalue weighted by molar-refractivity contribution is 0.0633. The fourth-order valence-electron chi connectivity index (χ4n) is 4.01. The smallest absolute Gasteiger partial charge is 0.0648 e. The van der Waals surface area contributed by atoms with E-state index in [9.17, 15) is 5.11 Å². The van der Waals surface area contributed by atoms with E-state index in [1.807, 2.05) is 0 Å². The van der Waals surface area contributed by atoms with Crippen LogP contribution in [0.2, 0.25) is 0 Å². The third kappa shape index (κ3) is 22.1. The highest BCUT2D eigenvalue weighted by molar-refractivity contribution is 4.80. The van der Waals surface area contributed by atoms with Gasteiger partial charge in [-0.25, -0.2) is 0 Å². The summed E-state index contributed by atoms with van der Waals surface area (Å²) < 4.78 is 0. The normalized spacial score (nSPS) is 12.0. The van der Waals surface area contributed by atoms with Crippen molar-refractivity contribution in [1.82, 2.24) is 0 Å².